The van der Waals surface area contributed by atoms with E-state index in [4.69, 9.17) is 0 Å². The Kier molecular flexibility index (Phi) is 14.6. The lowest BCUT2D eigenvalue weighted by atomic mass is 9.87. The Balaban J connectivity index is 1.65. The van der Waals surface area contributed by atoms with Gasteiger partial charge in [-0.05, 0) is 91.9 Å². The minimum absolute atomic E-state index is 0.0422. The Labute approximate surface area is 369 Å². The lowest BCUT2D eigenvalue weighted by Gasteiger charge is -2.35. The molecule has 0 saturated carbocycles. The van der Waals surface area contributed by atoms with Gasteiger partial charge in [-0.15, -0.1) is 0 Å². The molecule has 0 bridgehead atoms. The van der Waals surface area contributed by atoms with E-state index in [9.17, 15) is 0 Å². The second-order valence-electron chi connectivity index (χ2n) is 19.5. The van der Waals surface area contributed by atoms with Gasteiger partial charge in [0.15, 0.2) is 0 Å². The highest BCUT2D eigenvalue weighted by Gasteiger charge is 2.42. The van der Waals surface area contributed by atoms with E-state index in [1.165, 1.54) is 82.7 Å². The van der Waals surface area contributed by atoms with Gasteiger partial charge in [-0.25, -0.2) is 0 Å². The van der Waals surface area contributed by atoms with Crippen molar-refractivity contribution >= 4 is 51.6 Å². The minimum atomic E-state index is 0.0422. The third-order valence-electron chi connectivity index (χ3n) is 12.4. The molecule has 2 aliphatic rings. The molecule has 4 nitrogen and oxygen atoms in total. The number of benzene rings is 4. The van der Waals surface area contributed by atoms with E-state index in [0.717, 1.165) is 0 Å². The highest BCUT2D eigenvalue weighted by atomic mass is 31.7. The minimum Gasteiger partial charge on any atom is -0.362 e. The Morgan fingerprint density at radius 1 is 0.283 bits per heavy atom. The van der Waals surface area contributed by atoms with Crippen LogP contribution in [0.15, 0.2) is 97.6 Å². The molecular weight excluding hydrogens is 764 g/mol. The molecule has 0 fully saturated rings. The summed E-state index contributed by atoms with van der Waals surface area (Å²) in [4.78, 5) is 10.6. The Bertz CT molecular complexity index is 1810. The quantitative estimate of drug-likeness (QED) is 0.0926. The van der Waals surface area contributed by atoms with Crippen LogP contribution in [0.5, 0.6) is 0 Å². The number of para-hydroxylation sites is 4. The predicted octanol–water partition coefficient (Wildman–Crippen LogP) is 16.7. The molecule has 6 rings (SSSR count). The van der Waals surface area contributed by atoms with Crippen LogP contribution in [0.4, 0.5) is 22.7 Å². The van der Waals surface area contributed by atoms with Crippen LogP contribution in [0.3, 0.4) is 0 Å². The normalized spacial score (nSPS) is 14.8. The SMILES string of the molecule is CC(C)c1cccc(C(C)C)c1N1C=CN(c2c(C(C)C)cccc2C(C)C)B1P=PB1N(c2c(C(C)C)cccc2C(C)C)C=CN1c1c(C(C)C)cccc1C(C)C. The molecule has 0 unspecified atom stereocenters. The summed E-state index contributed by atoms with van der Waals surface area (Å²) in [6.45, 7) is 37.8. The van der Waals surface area contributed by atoms with Gasteiger partial charge in [-0.2, -0.15) is 0 Å². The van der Waals surface area contributed by atoms with Crippen LogP contribution in [-0.2, 0) is 0 Å². The average molecular weight is 837 g/mol. The smallest absolute Gasteiger partial charge is 0.362 e. The summed E-state index contributed by atoms with van der Waals surface area (Å²) in [5.41, 5.74) is 16.8. The number of rotatable bonds is 14. The monoisotopic (exact) mass is 837 g/mol. The second-order valence-corrected chi connectivity index (χ2v) is 22.3. The molecule has 2 heterocycles. The number of nitrogens with zero attached hydrogens (tertiary/aromatic N) is 4. The first-order chi connectivity index (χ1) is 28.5. The predicted molar refractivity (Wildman–Crippen MR) is 272 cm³/mol. The summed E-state index contributed by atoms with van der Waals surface area (Å²) in [6, 6.07) is 28.0. The summed E-state index contributed by atoms with van der Waals surface area (Å²) >= 11 is 0. The molecule has 4 aromatic carbocycles. The maximum atomic E-state index is 2.65. The van der Waals surface area contributed by atoms with Crippen LogP contribution in [-0.4, -0.2) is 13.4 Å². The average Bonchev–Trinajstić information content (AvgIpc) is 3.82. The fourth-order valence-electron chi connectivity index (χ4n) is 9.20. The Hall–Kier alpha value is -3.71. The third-order valence-corrected chi connectivity index (χ3v) is 15.6. The van der Waals surface area contributed by atoms with Crippen LogP contribution in [0, 0.1) is 0 Å². The summed E-state index contributed by atoms with van der Waals surface area (Å²) < 4.78 is 0. The molecule has 8 heteroatoms. The van der Waals surface area contributed by atoms with Crippen LogP contribution < -0.4 is 19.2 Å². The summed E-state index contributed by atoms with van der Waals surface area (Å²) in [6.07, 6.45) is 9.61. The summed E-state index contributed by atoms with van der Waals surface area (Å²) in [7, 11) is 2.62. The molecule has 0 N–H and O–H groups in total. The second kappa shape index (κ2) is 19.1. The van der Waals surface area contributed by atoms with Crippen molar-refractivity contribution in [2.75, 3.05) is 19.2 Å². The first-order valence-electron chi connectivity index (χ1n) is 22.9. The van der Waals surface area contributed by atoms with E-state index < -0.39 is 0 Å². The zero-order valence-electron chi connectivity index (χ0n) is 39.7. The fraction of sp³-hybridized carbons (Fsp3) is 0.462. The fourth-order valence-corrected chi connectivity index (χ4v) is 12.7. The van der Waals surface area contributed by atoms with Gasteiger partial charge in [0.1, 0.15) is 0 Å². The van der Waals surface area contributed by atoms with Crippen LogP contribution in [0.2, 0.25) is 0 Å². The van der Waals surface area contributed by atoms with E-state index in [-0.39, 0.29) is 13.4 Å². The molecule has 2 aliphatic heterocycles. The molecule has 0 aromatic heterocycles. The third kappa shape index (κ3) is 8.94. The van der Waals surface area contributed by atoms with E-state index in [2.05, 4.69) is 228 Å². The molecule has 0 spiro atoms. The largest absolute Gasteiger partial charge is 0.448 e. The summed E-state index contributed by atoms with van der Waals surface area (Å²) in [5, 5.41) is 0. The zero-order chi connectivity index (χ0) is 43.7. The van der Waals surface area contributed by atoms with E-state index in [1.807, 2.05) is 0 Å². The molecule has 0 saturated heterocycles. The van der Waals surface area contributed by atoms with Crippen molar-refractivity contribution in [1.29, 1.82) is 0 Å². The number of hydrogen-bond donors (Lipinski definition) is 0. The van der Waals surface area contributed by atoms with Gasteiger partial charge in [0.05, 0.1) is 0 Å². The molecule has 0 aliphatic carbocycles. The molecule has 0 amide bonds. The maximum absolute atomic E-state index is 2.65. The Morgan fingerprint density at radius 3 is 0.567 bits per heavy atom. The van der Waals surface area contributed by atoms with Crippen LogP contribution in [0.1, 0.15) is 203 Å². The molecule has 0 radical (unpaired) electrons. The Morgan fingerprint density at radius 2 is 0.433 bits per heavy atom. The number of anilines is 4. The van der Waals surface area contributed by atoms with Crippen molar-refractivity contribution in [3.8, 4) is 0 Å². The molecule has 316 valence electrons. The van der Waals surface area contributed by atoms with Crippen molar-refractivity contribution in [2.45, 2.75) is 158 Å². The molecule has 4 aromatic rings. The van der Waals surface area contributed by atoms with Gasteiger partial charge in [0.25, 0.3) is 0 Å². The lowest BCUT2D eigenvalue weighted by molar-refractivity contribution is 0.831. The van der Waals surface area contributed by atoms with Crippen LogP contribution >= 0.6 is 15.5 Å². The molecule has 60 heavy (non-hydrogen) atoms. The van der Waals surface area contributed by atoms with Crippen LogP contribution in [0.25, 0.3) is 0 Å². The zero-order valence-corrected chi connectivity index (χ0v) is 41.5. The van der Waals surface area contributed by atoms with Gasteiger partial charge in [0, 0.05) is 47.5 Å². The van der Waals surface area contributed by atoms with Gasteiger partial charge >= 0.3 is 13.4 Å². The standard InChI is InChI=1S/C52H72B2N4P2/c1-33(2)41-21-17-22-42(34(3)4)49(41)55-29-30-56(50-43(35(5)6)23-18-24-44(50)36(7)8)53(55)59-60-54-57(51-45(37(9)10)25-19-26-46(51)38(11)12)31-32-58(54)52-47(39(13)14)27-20-28-48(52)40(15)16/h17-40H,1-16H3. The molecule has 0 atom stereocenters. The summed E-state index contributed by atoms with van der Waals surface area (Å²) in [5.74, 6) is 3.11. The number of hydrogen-bond acceptors (Lipinski definition) is 4. The maximum Gasteiger partial charge on any atom is 0.448 e. The van der Waals surface area contributed by atoms with E-state index >= 15 is 0 Å². The van der Waals surface area contributed by atoms with Crippen molar-refractivity contribution in [2.24, 2.45) is 0 Å². The van der Waals surface area contributed by atoms with Gasteiger partial charge < -0.3 is 19.2 Å². The van der Waals surface area contributed by atoms with Gasteiger partial charge in [0.2, 0.25) is 0 Å². The van der Waals surface area contributed by atoms with Crippen molar-refractivity contribution < 1.29 is 0 Å². The first-order valence-corrected chi connectivity index (χ1v) is 25.5. The van der Waals surface area contributed by atoms with E-state index in [1.54, 1.807) is 0 Å². The van der Waals surface area contributed by atoms with Crippen molar-refractivity contribution in [3.05, 3.63) is 142 Å². The highest BCUT2D eigenvalue weighted by molar-refractivity contribution is 8.14. The van der Waals surface area contributed by atoms with E-state index in [0.29, 0.717) is 47.3 Å². The van der Waals surface area contributed by atoms with Crippen molar-refractivity contribution in [1.82, 2.24) is 0 Å². The molecular formula is C52H72B2N4P2. The van der Waals surface area contributed by atoms with Crippen molar-refractivity contribution in [3.63, 3.8) is 0 Å². The topological polar surface area (TPSA) is 13.0 Å². The first kappa shape index (κ1) is 45.8. The highest BCUT2D eigenvalue weighted by Crippen LogP contribution is 2.49. The van der Waals surface area contributed by atoms with Gasteiger partial charge in [-0.1, -0.05) is 199 Å². The lowest BCUT2D eigenvalue weighted by Crippen LogP contribution is -2.43. The van der Waals surface area contributed by atoms with Gasteiger partial charge in [-0.3, -0.25) is 0 Å².